The molecule has 0 saturated heterocycles. The number of esters is 1. The molecule has 0 spiro atoms. The van der Waals surface area contributed by atoms with E-state index in [0.29, 0.717) is 11.8 Å². The minimum atomic E-state index is -0.372. The molecule has 2 aliphatic carbocycles. The summed E-state index contributed by atoms with van der Waals surface area (Å²) in [6.07, 6.45) is 5.03. The smallest absolute Gasteiger partial charge is 0.407 e. The highest BCUT2D eigenvalue weighted by molar-refractivity contribution is 5.77. The lowest BCUT2D eigenvalue weighted by molar-refractivity contribution is -0.161. The third-order valence-electron chi connectivity index (χ3n) is 6.18. The highest BCUT2D eigenvalue weighted by Gasteiger charge is 2.51. The molecule has 1 aromatic rings. The Morgan fingerprint density at radius 2 is 2.00 bits per heavy atom. The molecular weight excluding hydrogens is 330 g/mol. The first-order valence-corrected chi connectivity index (χ1v) is 9.62. The third kappa shape index (κ3) is 4.02. The van der Waals surface area contributed by atoms with Crippen LogP contribution in [0.5, 0.6) is 0 Å². The zero-order chi connectivity index (χ0) is 18.6. The second kappa shape index (κ2) is 8.11. The van der Waals surface area contributed by atoms with Crippen LogP contribution < -0.4 is 5.32 Å². The average molecular weight is 359 g/mol. The second-order valence-corrected chi connectivity index (χ2v) is 7.80. The minimum Gasteiger partial charge on any atom is -0.469 e. The van der Waals surface area contributed by atoms with Crippen molar-refractivity contribution in [3.63, 3.8) is 0 Å². The Balaban J connectivity index is 1.59. The quantitative estimate of drug-likeness (QED) is 0.805. The Bertz CT molecular complexity index is 632. The van der Waals surface area contributed by atoms with Crippen molar-refractivity contribution in [2.75, 3.05) is 7.11 Å². The molecule has 2 bridgehead atoms. The van der Waals surface area contributed by atoms with Gasteiger partial charge in [0.2, 0.25) is 0 Å². The first-order chi connectivity index (χ1) is 12.6. The molecule has 4 atom stereocenters. The molecule has 0 aliphatic heterocycles. The molecular formula is C21H29NO4. The van der Waals surface area contributed by atoms with Gasteiger partial charge in [-0.2, -0.15) is 0 Å². The van der Waals surface area contributed by atoms with Gasteiger partial charge in [0.15, 0.2) is 0 Å². The van der Waals surface area contributed by atoms with Gasteiger partial charge in [-0.3, -0.25) is 4.79 Å². The van der Waals surface area contributed by atoms with E-state index in [2.05, 4.69) is 12.2 Å². The lowest BCUT2D eigenvalue weighted by atomic mass is 9.57. The molecule has 0 heterocycles. The number of carbonyl (C=O) groups is 2. The van der Waals surface area contributed by atoms with E-state index in [1.165, 1.54) is 7.11 Å². The van der Waals surface area contributed by atoms with Crippen molar-refractivity contribution in [1.82, 2.24) is 5.32 Å². The zero-order valence-corrected chi connectivity index (χ0v) is 15.7. The van der Waals surface area contributed by atoms with E-state index in [-0.39, 0.29) is 30.1 Å². The van der Waals surface area contributed by atoms with Gasteiger partial charge in [-0.1, -0.05) is 43.7 Å². The number of fused-ring (bicyclic) bond motifs is 2. The van der Waals surface area contributed by atoms with Gasteiger partial charge in [-0.05, 0) is 49.5 Å². The van der Waals surface area contributed by atoms with Gasteiger partial charge in [-0.25, -0.2) is 4.79 Å². The van der Waals surface area contributed by atoms with Crippen LogP contribution in [0.4, 0.5) is 4.79 Å². The number of rotatable bonds is 5. The minimum absolute atomic E-state index is 0.0744. The van der Waals surface area contributed by atoms with Crippen LogP contribution in [-0.2, 0) is 20.9 Å². The zero-order valence-electron chi connectivity index (χ0n) is 15.7. The number of nitrogens with one attached hydrogen (secondary N) is 1. The summed E-state index contributed by atoms with van der Waals surface area (Å²) in [7, 11) is 1.48. The number of methoxy groups -OCH3 is 1. The summed E-state index contributed by atoms with van der Waals surface area (Å²) in [5.74, 6) is 0.745. The fourth-order valence-electron chi connectivity index (χ4n) is 4.81. The van der Waals surface area contributed by atoms with Gasteiger partial charge in [0.25, 0.3) is 0 Å². The van der Waals surface area contributed by atoms with Crippen LogP contribution in [0.3, 0.4) is 0 Å². The van der Waals surface area contributed by atoms with E-state index >= 15 is 0 Å². The lowest BCUT2D eigenvalue weighted by Gasteiger charge is -2.49. The number of ether oxygens (including phenoxy) is 2. The number of benzene rings is 1. The SMILES string of the molecule is CCC1CC2CC(C(=O)OC)(CCC2NC(=O)OCc2ccccc2)C1. The Morgan fingerprint density at radius 1 is 1.23 bits per heavy atom. The summed E-state index contributed by atoms with van der Waals surface area (Å²) in [5, 5.41) is 3.05. The Labute approximate surface area is 155 Å². The molecule has 142 valence electrons. The Kier molecular flexibility index (Phi) is 5.84. The molecule has 1 N–H and O–H groups in total. The van der Waals surface area contributed by atoms with Crippen LogP contribution >= 0.6 is 0 Å². The highest BCUT2D eigenvalue weighted by atomic mass is 16.5. The molecule has 0 radical (unpaired) electrons. The van der Waals surface area contributed by atoms with Crippen molar-refractivity contribution in [2.45, 2.75) is 58.1 Å². The van der Waals surface area contributed by atoms with E-state index in [9.17, 15) is 9.59 Å². The topological polar surface area (TPSA) is 64.6 Å². The van der Waals surface area contributed by atoms with Gasteiger partial charge in [0.1, 0.15) is 6.61 Å². The summed E-state index contributed by atoms with van der Waals surface area (Å²) in [6, 6.07) is 9.74. The van der Waals surface area contributed by atoms with Crippen LogP contribution in [0.25, 0.3) is 0 Å². The molecule has 1 aromatic carbocycles. The summed E-state index contributed by atoms with van der Waals surface area (Å²) in [6.45, 7) is 2.45. The van der Waals surface area contributed by atoms with E-state index in [4.69, 9.17) is 9.47 Å². The van der Waals surface area contributed by atoms with E-state index in [1.54, 1.807) is 0 Å². The number of alkyl carbamates (subject to hydrolysis) is 1. The summed E-state index contributed by atoms with van der Waals surface area (Å²) < 4.78 is 10.5. The van der Waals surface area contributed by atoms with Gasteiger partial charge < -0.3 is 14.8 Å². The van der Waals surface area contributed by atoms with Gasteiger partial charge >= 0.3 is 12.1 Å². The second-order valence-electron chi connectivity index (χ2n) is 7.80. The van der Waals surface area contributed by atoms with Crippen molar-refractivity contribution in [3.05, 3.63) is 35.9 Å². The van der Waals surface area contributed by atoms with E-state index < -0.39 is 0 Å². The third-order valence-corrected chi connectivity index (χ3v) is 6.18. The summed E-state index contributed by atoms with van der Waals surface area (Å²) in [5.41, 5.74) is 0.615. The molecule has 26 heavy (non-hydrogen) atoms. The van der Waals surface area contributed by atoms with Crippen LogP contribution in [0.2, 0.25) is 0 Å². The van der Waals surface area contributed by atoms with Crippen LogP contribution in [0.15, 0.2) is 30.3 Å². The molecule has 2 saturated carbocycles. The van der Waals surface area contributed by atoms with Crippen molar-refractivity contribution >= 4 is 12.1 Å². The average Bonchev–Trinajstić information content (AvgIpc) is 2.68. The molecule has 5 heteroatoms. The largest absolute Gasteiger partial charge is 0.469 e. The van der Waals surface area contributed by atoms with Crippen molar-refractivity contribution in [3.8, 4) is 0 Å². The highest BCUT2D eigenvalue weighted by Crippen LogP contribution is 2.52. The Hall–Kier alpha value is -2.04. The molecule has 4 unspecified atom stereocenters. The van der Waals surface area contributed by atoms with E-state index in [1.807, 2.05) is 30.3 Å². The number of hydrogen-bond donors (Lipinski definition) is 1. The maximum absolute atomic E-state index is 12.4. The molecule has 0 aromatic heterocycles. The normalized spacial score (nSPS) is 30.3. The van der Waals surface area contributed by atoms with Gasteiger partial charge in [0.05, 0.1) is 12.5 Å². The maximum atomic E-state index is 12.4. The Morgan fingerprint density at radius 3 is 2.69 bits per heavy atom. The summed E-state index contributed by atoms with van der Waals surface area (Å²) in [4.78, 5) is 24.7. The monoisotopic (exact) mass is 359 g/mol. The van der Waals surface area contributed by atoms with Crippen LogP contribution in [0, 0.1) is 17.3 Å². The molecule has 1 amide bonds. The maximum Gasteiger partial charge on any atom is 0.407 e. The van der Waals surface area contributed by atoms with Crippen molar-refractivity contribution in [2.24, 2.45) is 17.3 Å². The molecule has 3 rings (SSSR count). The van der Waals surface area contributed by atoms with Gasteiger partial charge in [0, 0.05) is 6.04 Å². The van der Waals surface area contributed by atoms with Crippen molar-refractivity contribution < 1.29 is 19.1 Å². The fraction of sp³-hybridized carbons (Fsp3) is 0.619. The first kappa shape index (κ1) is 18.7. The standard InChI is InChI=1S/C21H29NO4/c1-3-15-11-17-13-21(12-15,19(23)25-2)10-9-18(17)22-20(24)26-14-16-7-5-4-6-8-16/h4-8,15,17-18H,3,9-14H2,1-2H3,(H,22,24). The fourth-order valence-corrected chi connectivity index (χ4v) is 4.81. The van der Waals surface area contributed by atoms with Gasteiger partial charge in [-0.15, -0.1) is 0 Å². The number of carbonyl (C=O) groups excluding carboxylic acids is 2. The van der Waals surface area contributed by atoms with Crippen LogP contribution in [-0.4, -0.2) is 25.2 Å². The molecule has 2 aliphatic rings. The molecule has 2 fully saturated rings. The lowest BCUT2D eigenvalue weighted by Crippen LogP contribution is -2.53. The van der Waals surface area contributed by atoms with Crippen LogP contribution in [0.1, 0.15) is 51.0 Å². The number of amides is 1. The first-order valence-electron chi connectivity index (χ1n) is 9.62. The predicted molar refractivity (Wildman–Crippen MR) is 98.4 cm³/mol. The molecule has 5 nitrogen and oxygen atoms in total. The summed E-state index contributed by atoms with van der Waals surface area (Å²) >= 11 is 0. The van der Waals surface area contributed by atoms with Crippen molar-refractivity contribution in [1.29, 1.82) is 0 Å². The number of hydrogen-bond acceptors (Lipinski definition) is 4. The predicted octanol–water partition coefficient (Wildman–Crippen LogP) is 4.06. The van der Waals surface area contributed by atoms with E-state index in [0.717, 1.165) is 44.1 Å².